The molecule has 0 aliphatic heterocycles. The summed E-state index contributed by atoms with van der Waals surface area (Å²) >= 11 is 0. The van der Waals surface area contributed by atoms with E-state index in [1.165, 1.54) is 0 Å². The van der Waals surface area contributed by atoms with Crippen molar-refractivity contribution in [3.05, 3.63) is 0 Å². The van der Waals surface area contributed by atoms with Crippen LogP contribution in [0.1, 0.15) is 47.5 Å². The van der Waals surface area contributed by atoms with Crippen molar-refractivity contribution in [2.45, 2.75) is 64.7 Å². The molecule has 1 saturated carbocycles. The van der Waals surface area contributed by atoms with Crippen molar-refractivity contribution >= 4 is 0 Å². The minimum atomic E-state index is -0.937. The van der Waals surface area contributed by atoms with Crippen LogP contribution in [0.3, 0.4) is 0 Å². The van der Waals surface area contributed by atoms with Crippen LogP contribution in [-0.2, 0) is 0 Å². The van der Waals surface area contributed by atoms with Gasteiger partial charge < -0.3 is 0 Å². The molecule has 0 radical (unpaired) electrons. The molecule has 0 aromatic rings. The second-order valence-electron chi connectivity index (χ2n) is 5.73. The van der Waals surface area contributed by atoms with Crippen LogP contribution < -0.4 is 0 Å². The second kappa shape index (κ2) is 3.48. The lowest BCUT2D eigenvalue weighted by molar-refractivity contribution is -0.119. The molecule has 0 aromatic heterocycles. The lowest BCUT2D eigenvalue weighted by Gasteiger charge is -2.59. The third-order valence-electron chi connectivity index (χ3n) is 3.90. The molecule has 0 amide bonds. The second-order valence-corrected chi connectivity index (χ2v) is 5.73. The topological polar surface area (TPSA) is 3.24 Å². The lowest BCUT2D eigenvalue weighted by atomic mass is 9.60. The predicted molar refractivity (Wildman–Crippen MR) is 59.2 cm³/mol. The van der Waals surface area contributed by atoms with Crippen LogP contribution in [0.15, 0.2) is 0 Å². The van der Waals surface area contributed by atoms with Gasteiger partial charge in [-0.25, -0.2) is 4.39 Å². The van der Waals surface area contributed by atoms with E-state index in [2.05, 4.69) is 39.6 Å². The van der Waals surface area contributed by atoms with Crippen LogP contribution >= 0.6 is 0 Å². The summed E-state index contributed by atoms with van der Waals surface area (Å²) in [6.07, 6.45) is 1.37. The predicted octanol–water partition coefficient (Wildman–Crippen LogP) is 3.24. The van der Waals surface area contributed by atoms with E-state index in [4.69, 9.17) is 0 Å². The highest BCUT2D eigenvalue weighted by Gasteiger charge is 2.56. The Labute approximate surface area is 87.7 Å². The summed E-state index contributed by atoms with van der Waals surface area (Å²) in [5.41, 5.74) is -0.842. The molecular formula is C12H24FN. The van der Waals surface area contributed by atoms with Crippen LogP contribution in [0.2, 0.25) is 0 Å². The Balaban J connectivity index is 2.77. The molecule has 0 aromatic carbocycles. The molecule has 0 spiro atoms. The van der Waals surface area contributed by atoms with Gasteiger partial charge in [-0.2, -0.15) is 0 Å². The van der Waals surface area contributed by atoms with Crippen molar-refractivity contribution < 1.29 is 4.39 Å². The van der Waals surface area contributed by atoms with Crippen LogP contribution in [0.4, 0.5) is 4.39 Å². The highest BCUT2D eigenvalue weighted by molar-refractivity contribution is 5.11. The third-order valence-corrected chi connectivity index (χ3v) is 3.90. The molecular weight excluding hydrogens is 177 g/mol. The molecule has 1 aliphatic carbocycles. The zero-order valence-electron chi connectivity index (χ0n) is 10.4. The summed E-state index contributed by atoms with van der Waals surface area (Å²) in [5.74, 6) is 0.527. The highest BCUT2D eigenvalue weighted by Crippen LogP contribution is 2.51. The average Bonchev–Trinajstić information content (AvgIpc) is 1.97. The van der Waals surface area contributed by atoms with Gasteiger partial charge in [-0.3, -0.25) is 4.90 Å². The molecule has 1 aliphatic rings. The molecule has 0 bridgehead atoms. The summed E-state index contributed by atoms with van der Waals surface area (Å²) in [6, 6.07) is 0.494. The van der Waals surface area contributed by atoms with Crippen LogP contribution in [-0.4, -0.2) is 29.2 Å². The molecule has 1 nitrogen and oxygen atoms in total. The van der Waals surface area contributed by atoms with Gasteiger partial charge in [-0.15, -0.1) is 0 Å². The first kappa shape index (κ1) is 12.0. The number of nitrogens with zero attached hydrogens (tertiary/aromatic N) is 1. The SMILES string of the molecule is CC(C)N(C)C1(C(C)C)CC(C)(F)C1. The van der Waals surface area contributed by atoms with Crippen molar-refractivity contribution in [2.75, 3.05) is 7.05 Å². The van der Waals surface area contributed by atoms with Crippen molar-refractivity contribution in [1.29, 1.82) is 0 Å². The van der Waals surface area contributed by atoms with E-state index >= 15 is 0 Å². The van der Waals surface area contributed by atoms with Gasteiger partial charge in [-0.05, 0) is 46.6 Å². The van der Waals surface area contributed by atoms with Gasteiger partial charge in [0.25, 0.3) is 0 Å². The van der Waals surface area contributed by atoms with Gasteiger partial charge in [-0.1, -0.05) is 13.8 Å². The van der Waals surface area contributed by atoms with E-state index in [1.807, 2.05) is 0 Å². The first-order chi connectivity index (χ1) is 6.21. The summed E-state index contributed by atoms with van der Waals surface area (Å²) in [5, 5.41) is 0. The first-order valence-corrected chi connectivity index (χ1v) is 5.63. The number of hydrogen-bond donors (Lipinski definition) is 0. The van der Waals surface area contributed by atoms with Crippen molar-refractivity contribution in [1.82, 2.24) is 4.90 Å². The van der Waals surface area contributed by atoms with E-state index in [-0.39, 0.29) is 5.54 Å². The standard InChI is InChI=1S/C12H24FN/c1-9(2)12(14(6)10(3)4)7-11(5,13)8-12/h9-10H,7-8H2,1-6H3. The lowest BCUT2D eigenvalue weighted by Crippen LogP contribution is -2.65. The van der Waals surface area contributed by atoms with Gasteiger partial charge in [0.15, 0.2) is 0 Å². The Morgan fingerprint density at radius 1 is 1.14 bits per heavy atom. The molecule has 0 atom stereocenters. The van der Waals surface area contributed by atoms with Crippen LogP contribution in [0.5, 0.6) is 0 Å². The molecule has 1 rings (SSSR count). The molecule has 0 heterocycles. The number of halogens is 1. The maximum atomic E-state index is 13.7. The molecule has 0 N–H and O–H groups in total. The van der Waals surface area contributed by atoms with Gasteiger partial charge in [0, 0.05) is 11.6 Å². The molecule has 14 heavy (non-hydrogen) atoms. The molecule has 1 fully saturated rings. The largest absolute Gasteiger partial charge is 0.298 e. The van der Waals surface area contributed by atoms with Crippen LogP contribution in [0.25, 0.3) is 0 Å². The Morgan fingerprint density at radius 3 is 1.79 bits per heavy atom. The number of hydrogen-bond acceptors (Lipinski definition) is 1. The molecule has 84 valence electrons. The Bertz CT molecular complexity index is 200. The van der Waals surface area contributed by atoms with Crippen LogP contribution in [0, 0.1) is 5.92 Å². The van der Waals surface area contributed by atoms with E-state index in [0.717, 1.165) is 0 Å². The summed E-state index contributed by atoms with van der Waals surface area (Å²) < 4.78 is 13.7. The van der Waals surface area contributed by atoms with Crippen molar-refractivity contribution in [3.8, 4) is 0 Å². The Hall–Kier alpha value is -0.110. The van der Waals surface area contributed by atoms with Gasteiger partial charge >= 0.3 is 0 Å². The van der Waals surface area contributed by atoms with E-state index in [0.29, 0.717) is 24.8 Å². The van der Waals surface area contributed by atoms with Crippen molar-refractivity contribution in [2.24, 2.45) is 5.92 Å². The molecule has 0 unspecified atom stereocenters. The van der Waals surface area contributed by atoms with E-state index in [1.54, 1.807) is 6.92 Å². The first-order valence-electron chi connectivity index (χ1n) is 5.63. The summed E-state index contributed by atoms with van der Waals surface area (Å²) in [7, 11) is 2.12. The average molecular weight is 201 g/mol. The number of rotatable bonds is 3. The zero-order valence-corrected chi connectivity index (χ0v) is 10.4. The third kappa shape index (κ3) is 1.81. The highest BCUT2D eigenvalue weighted by atomic mass is 19.1. The fraction of sp³-hybridized carbons (Fsp3) is 1.00. The van der Waals surface area contributed by atoms with Gasteiger partial charge in [0.2, 0.25) is 0 Å². The quantitative estimate of drug-likeness (QED) is 0.677. The van der Waals surface area contributed by atoms with Gasteiger partial charge in [0.05, 0.1) is 0 Å². The maximum absolute atomic E-state index is 13.7. The number of alkyl halides is 1. The minimum absolute atomic E-state index is 0.0949. The Kier molecular flexibility index (Phi) is 2.97. The van der Waals surface area contributed by atoms with Crippen molar-refractivity contribution in [3.63, 3.8) is 0 Å². The molecule has 0 saturated heterocycles. The fourth-order valence-electron chi connectivity index (χ4n) is 2.80. The fourth-order valence-corrected chi connectivity index (χ4v) is 2.80. The molecule has 2 heteroatoms. The Morgan fingerprint density at radius 2 is 1.57 bits per heavy atom. The summed E-state index contributed by atoms with van der Waals surface area (Å²) in [6.45, 7) is 10.5. The van der Waals surface area contributed by atoms with E-state index < -0.39 is 5.67 Å². The zero-order chi connectivity index (χ0) is 11.1. The van der Waals surface area contributed by atoms with E-state index in [9.17, 15) is 4.39 Å². The summed E-state index contributed by atoms with van der Waals surface area (Å²) in [4.78, 5) is 2.35. The maximum Gasteiger partial charge on any atom is 0.111 e. The minimum Gasteiger partial charge on any atom is -0.298 e. The smallest absolute Gasteiger partial charge is 0.111 e. The monoisotopic (exact) mass is 201 g/mol. The normalized spacial score (nSPS) is 38.1. The van der Waals surface area contributed by atoms with Gasteiger partial charge in [0.1, 0.15) is 5.67 Å².